The van der Waals surface area contributed by atoms with E-state index in [1.165, 1.54) is 12.5 Å². The fourth-order valence-corrected chi connectivity index (χ4v) is 3.18. The van der Waals surface area contributed by atoms with Crippen LogP contribution in [-0.2, 0) is 14.8 Å². The molecular weight excluding hydrogens is 242 g/mol. The van der Waals surface area contributed by atoms with E-state index in [0.717, 1.165) is 0 Å². The molecule has 96 valence electrons. The topological polar surface area (TPSA) is 84.1 Å². The minimum atomic E-state index is -3.49. The molecule has 1 aromatic rings. The highest BCUT2D eigenvalue weighted by molar-refractivity contribution is 7.89. The van der Waals surface area contributed by atoms with Gasteiger partial charge in [-0.3, -0.25) is 0 Å². The fraction of sp³-hybridized carbons (Fsp3) is 0.700. The molecule has 1 fully saturated rings. The van der Waals surface area contributed by atoms with Crippen molar-refractivity contribution in [2.45, 2.75) is 43.4 Å². The SMILES string of the molecule is CC1(C)CC(NS(=O)(=O)c2cnc[nH]2)CCO1. The van der Waals surface area contributed by atoms with Crippen LogP contribution in [0.3, 0.4) is 0 Å². The molecule has 2 N–H and O–H groups in total. The van der Waals surface area contributed by atoms with Gasteiger partial charge in [-0.05, 0) is 26.7 Å². The van der Waals surface area contributed by atoms with E-state index in [9.17, 15) is 8.42 Å². The normalized spacial score (nSPS) is 24.7. The summed E-state index contributed by atoms with van der Waals surface area (Å²) >= 11 is 0. The number of hydrogen-bond acceptors (Lipinski definition) is 4. The Labute approximate surface area is 101 Å². The summed E-state index contributed by atoms with van der Waals surface area (Å²) in [5.41, 5.74) is -0.278. The van der Waals surface area contributed by atoms with Crippen LogP contribution in [0.5, 0.6) is 0 Å². The number of H-pyrrole nitrogens is 1. The summed E-state index contributed by atoms with van der Waals surface area (Å²) in [7, 11) is -3.49. The predicted molar refractivity (Wildman–Crippen MR) is 62.0 cm³/mol. The number of aromatic nitrogens is 2. The molecule has 1 aromatic heterocycles. The molecule has 0 saturated carbocycles. The number of nitrogens with zero attached hydrogens (tertiary/aromatic N) is 1. The van der Waals surface area contributed by atoms with Crippen LogP contribution in [0.25, 0.3) is 0 Å². The lowest BCUT2D eigenvalue weighted by molar-refractivity contribution is -0.0599. The first-order chi connectivity index (χ1) is 7.89. The van der Waals surface area contributed by atoms with Gasteiger partial charge in [0.05, 0.1) is 18.1 Å². The molecule has 6 nitrogen and oxygen atoms in total. The Morgan fingerprint density at radius 1 is 1.59 bits per heavy atom. The average molecular weight is 259 g/mol. The monoisotopic (exact) mass is 259 g/mol. The second-order valence-corrected chi connectivity index (χ2v) is 6.52. The second kappa shape index (κ2) is 4.40. The van der Waals surface area contributed by atoms with Gasteiger partial charge in [-0.15, -0.1) is 0 Å². The number of ether oxygens (including phenoxy) is 1. The third kappa shape index (κ3) is 3.05. The molecule has 2 rings (SSSR count). The smallest absolute Gasteiger partial charge is 0.257 e. The molecule has 1 aliphatic rings. The maximum absolute atomic E-state index is 11.9. The van der Waals surface area contributed by atoms with Crippen LogP contribution >= 0.6 is 0 Å². The molecule has 0 aliphatic carbocycles. The molecular formula is C10H17N3O3S. The van der Waals surface area contributed by atoms with Crippen LogP contribution in [-0.4, -0.2) is 36.6 Å². The Hall–Kier alpha value is -0.920. The lowest BCUT2D eigenvalue weighted by Gasteiger charge is -2.35. The Morgan fingerprint density at radius 2 is 2.35 bits per heavy atom. The van der Waals surface area contributed by atoms with E-state index in [4.69, 9.17) is 4.74 Å². The van der Waals surface area contributed by atoms with Gasteiger partial charge >= 0.3 is 0 Å². The van der Waals surface area contributed by atoms with Crippen molar-refractivity contribution in [2.75, 3.05) is 6.61 Å². The molecule has 1 saturated heterocycles. The van der Waals surface area contributed by atoms with Gasteiger partial charge in [0.2, 0.25) is 0 Å². The third-order valence-corrected chi connectivity index (χ3v) is 4.23. The maximum atomic E-state index is 11.9. The Morgan fingerprint density at radius 3 is 2.94 bits per heavy atom. The molecule has 2 heterocycles. The largest absolute Gasteiger partial charge is 0.375 e. The molecule has 0 spiro atoms. The Kier molecular flexibility index (Phi) is 3.24. The summed E-state index contributed by atoms with van der Waals surface area (Å²) < 4.78 is 32.1. The molecule has 0 amide bonds. The first kappa shape index (κ1) is 12.5. The summed E-state index contributed by atoms with van der Waals surface area (Å²) in [6.45, 7) is 4.50. The van der Waals surface area contributed by atoms with Gasteiger partial charge in [-0.25, -0.2) is 18.1 Å². The van der Waals surface area contributed by atoms with Crippen molar-refractivity contribution in [3.05, 3.63) is 12.5 Å². The highest BCUT2D eigenvalue weighted by Crippen LogP contribution is 2.24. The van der Waals surface area contributed by atoms with Crippen LogP contribution < -0.4 is 4.72 Å². The lowest BCUT2D eigenvalue weighted by Crippen LogP contribution is -2.45. The number of nitrogens with one attached hydrogen (secondary N) is 2. The third-order valence-electron chi connectivity index (χ3n) is 2.78. The summed E-state index contributed by atoms with van der Waals surface area (Å²) in [6.07, 6.45) is 4.01. The van der Waals surface area contributed by atoms with Crippen molar-refractivity contribution in [1.82, 2.24) is 14.7 Å². The van der Waals surface area contributed by atoms with Gasteiger partial charge in [0, 0.05) is 12.6 Å². The molecule has 1 unspecified atom stereocenters. The number of aromatic amines is 1. The number of hydrogen-bond donors (Lipinski definition) is 2. The summed E-state index contributed by atoms with van der Waals surface area (Å²) in [4.78, 5) is 6.31. The van der Waals surface area contributed by atoms with E-state index in [1.54, 1.807) is 0 Å². The van der Waals surface area contributed by atoms with E-state index in [-0.39, 0.29) is 16.7 Å². The molecule has 0 bridgehead atoms. The van der Waals surface area contributed by atoms with E-state index in [2.05, 4.69) is 14.7 Å². The van der Waals surface area contributed by atoms with E-state index >= 15 is 0 Å². The van der Waals surface area contributed by atoms with Crippen LogP contribution in [0.2, 0.25) is 0 Å². The fourth-order valence-electron chi connectivity index (χ4n) is 2.01. The minimum absolute atomic E-state index is 0.0907. The van der Waals surface area contributed by atoms with Crippen molar-refractivity contribution in [2.24, 2.45) is 0 Å². The molecule has 7 heteroatoms. The lowest BCUT2D eigenvalue weighted by atomic mass is 9.95. The van der Waals surface area contributed by atoms with Crippen LogP contribution in [0.15, 0.2) is 17.6 Å². The highest BCUT2D eigenvalue weighted by Gasteiger charge is 2.31. The van der Waals surface area contributed by atoms with Crippen LogP contribution in [0.4, 0.5) is 0 Å². The van der Waals surface area contributed by atoms with Gasteiger partial charge in [0.15, 0.2) is 5.03 Å². The van der Waals surface area contributed by atoms with Crippen molar-refractivity contribution in [3.63, 3.8) is 0 Å². The minimum Gasteiger partial charge on any atom is -0.375 e. The second-order valence-electron chi connectivity index (χ2n) is 4.84. The zero-order chi connectivity index (χ0) is 12.5. The Bertz CT molecular complexity index is 467. The van der Waals surface area contributed by atoms with Crippen molar-refractivity contribution >= 4 is 10.0 Å². The van der Waals surface area contributed by atoms with Gasteiger partial charge < -0.3 is 9.72 Å². The molecule has 1 atom stereocenters. The van der Waals surface area contributed by atoms with Crippen molar-refractivity contribution in [3.8, 4) is 0 Å². The van der Waals surface area contributed by atoms with Crippen molar-refractivity contribution in [1.29, 1.82) is 0 Å². The first-order valence-corrected chi connectivity index (χ1v) is 7.02. The zero-order valence-electron chi connectivity index (χ0n) is 9.93. The van der Waals surface area contributed by atoms with Gasteiger partial charge in [-0.2, -0.15) is 0 Å². The van der Waals surface area contributed by atoms with Crippen molar-refractivity contribution < 1.29 is 13.2 Å². The van der Waals surface area contributed by atoms with Crippen LogP contribution in [0, 0.1) is 0 Å². The summed E-state index contributed by atoms with van der Waals surface area (Å²) in [6, 6.07) is -0.0907. The van der Waals surface area contributed by atoms with Gasteiger partial charge in [0.1, 0.15) is 0 Å². The highest BCUT2D eigenvalue weighted by atomic mass is 32.2. The van der Waals surface area contributed by atoms with E-state index in [0.29, 0.717) is 19.4 Å². The molecule has 0 aromatic carbocycles. The first-order valence-electron chi connectivity index (χ1n) is 5.54. The van der Waals surface area contributed by atoms with Gasteiger partial charge in [-0.1, -0.05) is 0 Å². The standard InChI is InChI=1S/C10H17N3O3S/c1-10(2)5-8(3-4-16-10)13-17(14,15)9-6-11-7-12-9/h6-8,13H,3-5H2,1-2H3,(H,11,12). The van der Waals surface area contributed by atoms with Gasteiger partial charge in [0.25, 0.3) is 10.0 Å². The number of imidazole rings is 1. The quantitative estimate of drug-likeness (QED) is 0.834. The summed E-state index contributed by atoms with van der Waals surface area (Å²) in [5.74, 6) is 0. The molecule has 17 heavy (non-hydrogen) atoms. The predicted octanol–water partition coefficient (Wildman–Crippen LogP) is 0.646. The molecule has 1 aliphatic heterocycles. The maximum Gasteiger partial charge on any atom is 0.257 e. The zero-order valence-corrected chi connectivity index (χ0v) is 10.8. The Balaban J connectivity index is 2.06. The summed E-state index contributed by atoms with van der Waals surface area (Å²) in [5, 5.41) is 0.0989. The van der Waals surface area contributed by atoms with E-state index in [1.807, 2.05) is 13.8 Å². The average Bonchev–Trinajstić information content (AvgIpc) is 2.67. The molecule has 0 radical (unpaired) electrons. The number of rotatable bonds is 3. The van der Waals surface area contributed by atoms with E-state index < -0.39 is 10.0 Å². The van der Waals surface area contributed by atoms with Crippen LogP contribution in [0.1, 0.15) is 26.7 Å². The number of sulfonamides is 1.